The first-order valence-electron chi connectivity index (χ1n) is 9.02. The van der Waals surface area contributed by atoms with Gasteiger partial charge in [0.05, 0.1) is 11.4 Å². The van der Waals surface area contributed by atoms with Crippen molar-refractivity contribution in [3.63, 3.8) is 0 Å². The number of nitrogens with zero attached hydrogens (tertiary/aromatic N) is 5. The standard InChI is InChI=1S/C19H25N5O2S/c1-13-5-6-14(2)17(11-13)24-15(3)20-21-19(24)27-12-18(26)23-9-7-22(8-10-23)16(4)25/h5-6,11H,7-10,12H2,1-4H3. The predicted molar refractivity (Wildman–Crippen MR) is 105 cm³/mol. The van der Waals surface area contributed by atoms with Crippen molar-refractivity contribution >= 4 is 23.6 Å². The molecule has 0 unspecified atom stereocenters. The van der Waals surface area contributed by atoms with E-state index in [1.54, 1.807) is 11.8 Å². The van der Waals surface area contributed by atoms with Crippen LogP contribution in [0.4, 0.5) is 0 Å². The number of amides is 2. The molecule has 2 heterocycles. The molecule has 0 spiro atoms. The van der Waals surface area contributed by atoms with Crippen LogP contribution in [0.15, 0.2) is 23.4 Å². The number of piperazine rings is 1. The van der Waals surface area contributed by atoms with Crippen LogP contribution in [0.25, 0.3) is 5.69 Å². The van der Waals surface area contributed by atoms with E-state index >= 15 is 0 Å². The molecule has 1 aliphatic heterocycles. The van der Waals surface area contributed by atoms with E-state index in [-0.39, 0.29) is 11.8 Å². The molecule has 1 saturated heterocycles. The van der Waals surface area contributed by atoms with Gasteiger partial charge in [0.1, 0.15) is 5.82 Å². The quantitative estimate of drug-likeness (QED) is 0.750. The van der Waals surface area contributed by atoms with Crippen LogP contribution < -0.4 is 0 Å². The highest BCUT2D eigenvalue weighted by molar-refractivity contribution is 7.99. The minimum absolute atomic E-state index is 0.0635. The van der Waals surface area contributed by atoms with Crippen molar-refractivity contribution in [3.05, 3.63) is 35.2 Å². The molecule has 0 N–H and O–H groups in total. The maximum absolute atomic E-state index is 12.6. The third-order valence-electron chi connectivity index (χ3n) is 4.80. The zero-order valence-electron chi connectivity index (χ0n) is 16.2. The van der Waals surface area contributed by atoms with Crippen LogP contribution in [-0.2, 0) is 9.59 Å². The summed E-state index contributed by atoms with van der Waals surface area (Å²) in [5, 5.41) is 9.19. The Balaban J connectivity index is 1.68. The Morgan fingerprint density at radius 1 is 1.04 bits per heavy atom. The van der Waals surface area contributed by atoms with E-state index in [1.165, 1.54) is 17.3 Å². The van der Waals surface area contributed by atoms with Gasteiger partial charge in [-0.2, -0.15) is 0 Å². The molecule has 1 aliphatic rings. The van der Waals surface area contributed by atoms with E-state index in [4.69, 9.17) is 0 Å². The number of carbonyl (C=O) groups is 2. The summed E-state index contributed by atoms with van der Waals surface area (Å²) in [6, 6.07) is 6.27. The lowest BCUT2D eigenvalue weighted by Crippen LogP contribution is -2.50. The molecule has 1 aromatic carbocycles. The molecule has 0 atom stereocenters. The number of carbonyl (C=O) groups excluding carboxylic acids is 2. The van der Waals surface area contributed by atoms with Gasteiger partial charge in [0.15, 0.2) is 5.16 Å². The van der Waals surface area contributed by atoms with Gasteiger partial charge in [0, 0.05) is 33.1 Å². The molecule has 0 saturated carbocycles. The van der Waals surface area contributed by atoms with Gasteiger partial charge in [-0.25, -0.2) is 0 Å². The van der Waals surface area contributed by atoms with Gasteiger partial charge in [-0.05, 0) is 38.0 Å². The molecule has 27 heavy (non-hydrogen) atoms. The second kappa shape index (κ2) is 8.12. The maximum atomic E-state index is 12.6. The van der Waals surface area contributed by atoms with Gasteiger partial charge in [-0.15, -0.1) is 10.2 Å². The number of hydrogen-bond donors (Lipinski definition) is 0. The summed E-state index contributed by atoms with van der Waals surface area (Å²) >= 11 is 1.40. The third kappa shape index (κ3) is 4.32. The average Bonchev–Trinajstić information content (AvgIpc) is 3.02. The Morgan fingerprint density at radius 2 is 1.70 bits per heavy atom. The molecule has 1 aromatic heterocycles. The zero-order valence-corrected chi connectivity index (χ0v) is 17.0. The average molecular weight is 388 g/mol. The van der Waals surface area contributed by atoms with Crippen LogP contribution in [0.2, 0.25) is 0 Å². The van der Waals surface area contributed by atoms with Crippen LogP contribution in [0, 0.1) is 20.8 Å². The van der Waals surface area contributed by atoms with Crippen LogP contribution in [-0.4, -0.2) is 68.3 Å². The minimum atomic E-state index is 0.0635. The van der Waals surface area contributed by atoms with Crippen LogP contribution in [0.3, 0.4) is 0 Å². The van der Waals surface area contributed by atoms with Crippen molar-refractivity contribution in [1.29, 1.82) is 0 Å². The summed E-state index contributed by atoms with van der Waals surface area (Å²) in [5.74, 6) is 1.24. The molecule has 0 bridgehead atoms. The Hall–Kier alpha value is -2.35. The van der Waals surface area contributed by atoms with Crippen molar-refractivity contribution in [2.45, 2.75) is 32.9 Å². The third-order valence-corrected chi connectivity index (χ3v) is 5.72. The summed E-state index contributed by atoms with van der Waals surface area (Å²) in [4.78, 5) is 27.6. The van der Waals surface area contributed by atoms with Crippen molar-refractivity contribution in [2.75, 3.05) is 31.9 Å². The largest absolute Gasteiger partial charge is 0.339 e. The van der Waals surface area contributed by atoms with E-state index in [1.807, 2.05) is 16.4 Å². The first kappa shape index (κ1) is 19.4. The van der Waals surface area contributed by atoms with E-state index in [0.29, 0.717) is 31.9 Å². The van der Waals surface area contributed by atoms with E-state index in [9.17, 15) is 9.59 Å². The first-order chi connectivity index (χ1) is 12.9. The molecule has 144 valence electrons. The van der Waals surface area contributed by atoms with Gasteiger partial charge in [-0.3, -0.25) is 14.2 Å². The summed E-state index contributed by atoms with van der Waals surface area (Å²) in [6.45, 7) is 9.97. The maximum Gasteiger partial charge on any atom is 0.233 e. The fraction of sp³-hybridized carbons (Fsp3) is 0.474. The molecule has 8 heteroatoms. The minimum Gasteiger partial charge on any atom is -0.339 e. The molecule has 7 nitrogen and oxygen atoms in total. The zero-order chi connectivity index (χ0) is 19.6. The predicted octanol–water partition coefficient (Wildman–Crippen LogP) is 1.98. The monoisotopic (exact) mass is 387 g/mol. The SMILES string of the molecule is CC(=O)N1CCN(C(=O)CSc2nnc(C)n2-c2cc(C)ccc2C)CC1. The molecule has 2 aromatic rings. The smallest absolute Gasteiger partial charge is 0.233 e. The lowest BCUT2D eigenvalue weighted by Gasteiger charge is -2.34. The van der Waals surface area contributed by atoms with Gasteiger partial charge < -0.3 is 9.80 Å². The fourth-order valence-electron chi connectivity index (χ4n) is 3.16. The summed E-state index contributed by atoms with van der Waals surface area (Å²) in [6.07, 6.45) is 0. The molecule has 1 fully saturated rings. The Labute approximate surface area is 163 Å². The summed E-state index contributed by atoms with van der Waals surface area (Å²) in [5.41, 5.74) is 3.35. The second-order valence-corrected chi connectivity index (χ2v) is 7.77. The van der Waals surface area contributed by atoms with E-state index < -0.39 is 0 Å². The topological polar surface area (TPSA) is 71.3 Å². The number of rotatable bonds is 4. The Morgan fingerprint density at radius 3 is 2.37 bits per heavy atom. The summed E-state index contributed by atoms with van der Waals surface area (Å²) < 4.78 is 2.01. The van der Waals surface area contributed by atoms with Crippen molar-refractivity contribution < 1.29 is 9.59 Å². The van der Waals surface area contributed by atoms with Crippen LogP contribution in [0.1, 0.15) is 23.9 Å². The number of aryl methyl sites for hydroxylation is 3. The Kier molecular flexibility index (Phi) is 5.84. The highest BCUT2D eigenvalue weighted by Gasteiger charge is 2.23. The molecular formula is C19H25N5O2S. The molecular weight excluding hydrogens is 362 g/mol. The van der Waals surface area contributed by atoms with Crippen LogP contribution >= 0.6 is 11.8 Å². The van der Waals surface area contributed by atoms with E-state index in [0.717, 1.165) is 22.2 Å². The van der Waals surface area contributed by atoms with Crippen molar-refractivity contribution in [1.82, 2.24) is 24.6 Å². The highest BCUT2D eigenvalue weighted by Crippen LogP contribution is 2.25. The summed E-state index contributed by atoms with van der Waals surface area (Å²) in [7, 11) is 0. The van der Waals surface area contributed by atoms with E-state index in [2.05, 4.69) is 42.2 Å². The fourth-order valence-corrected chi connectivity index (χ4v) is 4.06. The first-order valence-corrected chi connectivity index (χ1v) is 10.0. The lowest BCUT2D eigenvalue weighted by atomic mass is 10.1. The Bertz CT molecular complexity index is 856. The van der Waals surface area contributed by atoms with Gasteiger partial charge in [0.2, 0.25) is 11.8 Å². The normalized spacial score (nSPS) is 14.5. The molecule has 2 amide bonds. The van der Waals surface area contributed by atoms with Gasteiger partial charge >= 0.3 is 0 Å². The van der Waals surface area contributed by atoms with Crippen LogP contribution in [0.5, 0.6) is 0 Å². The number of hydrogen-bond acceptors (Lipinski definition) is 5. The highest BCUT2D eigenvalue weighted by atomic mass is 32.2. The molecule has 0 radical (unpaired) electrons. The van der Waals surface area contributed by atoms with Gasteiger partial charge in [0.25, 0.3) is 0 Å². The lowest BCUT2D eigenvalue weighted by molar-refractivity contribution is -0.136. The van der Waals surface area contributed by atoms with Crippen molar-refractivity contribution in [2.24, 2.45) is 0 Å². The molecule has 0 aliphatic carbocycles. The number of benzene rings is 1. The van der Waals surface area contributed by atoms with Gasteiger partial charge in [-0.1, -0.05) is 23.9 Å². The van der Waals surface area contributed by atoms with Crippen molar-refractivity contribution in [3.8, 4) is 5.69 Å². The number of thioether (sulfide) groups is 1. The second-order valence-electron chi connectivity index (χ2n) is 6.83. The number of aromatic nitrogens is 3. The molecule has 3 rings (SSSR count).